The van der Waals surface area contributed by atoms with E-state index in [9.17, 15) is 0 Å². The zero-order valence-electron chi connectivity index (χ0n) is 12.6. The number of piperazine rings is 1. The Hall–Kier alpha value is -0.120. The minimum atomic E-state index is 0.765. The van der Waals surface area contributed by atoms with Crippen molar-refractivity contribution in [3.8, 4) is 0 Å². The summed E-state index contributed by atoms with van der Waals surface area (Å²) < 4.78 is 0. The van der Waals surface area contributed by atoms with Crippen molar-refractivity contribution in [3.63, 3.8) is 0 Å². The molecule has 1 N–H and O–H groups in total. The van der Waals surface area contributed by atoms with Gasteiger partial charge < -0.3 is 5.32 Å². The van der Waals surface area contributed by atoms with Crippen LogP contribution >= 0.6 is 0 Å². The monoisotopic (exact) mass is 265 g/mol. The molecule has 0 amide bonds. The molecule has 3 aliphatic rings. The van der Waals surface area contributed by atoms with E-state index in [0.29, 0.717) is 0 Å². The fourth-order valence-electron chi connectivity index (χ4n) is 4.43. The van der Waals surface area contributed by atoms with Gasteiger partial charge in [0.1, 0.15) is 0 Å². The van der Waals surface area contributed by atoms with Crippen LogP contribution in [0.5, 0.6) is 0 Å². The highest BCUT2D eigenvalue weighted by Gasteiger charge is 2.36. The van der Waals surface area contributed by atoms with E-state index in [-0.39, 0.29) is 0 Å². The minimum absolute atomic E-state index is 0.765. The Morgan fingerprint density at radius 3 is 2.68 bits per heavy atom. The zero-order chi connectivity index (χ0) is 13.1. The third kappa shape index (κ3) is 3.14. The van der Waals surface area contributed by atoms with Crippen molar-refractivity contribution < 1.29 is 0 Å². The maximum atomic E-state index is 3.82. The van der Waals surface area contributed by atoms with Crippen LogP contribution in [0, 0.1) is 0 Å². The first-order valence-corrected chi connectivity index (χ1v) is 8.60. The molecular formula is C16H31N3. The van der Waals surface area contributed by atoms with Gasteiger partial charge in [-0.05, 0) is 45.2 Å². The molecule has 0 bridgehead atoms. The van der Waals surface area contributed by atoms with E-state index in [1.54, 1.807) is 0 Å². The summed E-state index contributed by atoms with van der Waals surface area (Å²) in [4.78, 5) is 5.56. The van der Waals surface area contributed by atoms with E-state index in [1.165, 1.54) is 77.7 Å². The number of hydrogen-bond acceptors (Lipinski definition) is 3. The summed E-state index contributed by atoms with van der Waals surface area (Å²) in [6, 6.07) is 2.47. The van der Waals surface area contributed by atoms with Gasteiger partial charge in [0.25, 0.3) is 0 Å². The van der Waals surface area contributed by atoms with Crippen molar-refractivity contribution in [1.82, 2.24) is 15.1 Å². The third-order valence-corrected chi connectivity index (χ3v) is 5.47. The lowest BCUT2D eigenvalue weighted by molar-refractivity contribution is 0.0425. The molecule has 0 spiro atoms. The number of rotatable bonds is 4. The van der Waals surface area contributed by atoms with Gasteiger partial charge in [-0.1, -0.05) is 19.8 Å². The first-order valence-electron chi connectivity index (χ1n) is 8.60. The Bertz CT molecular complexity index is 281. The normalized spacial score (nSPS) is 37.4. The topological polar surface area (TPSA) is 18.5 Å². The Labute approximate surface area is 118 Å². The molecule has 0 aromatic carbocycles. The molecule has 3 atom stereocenters. The Morgan fingerprint density at radius 1 is 0.947 bits per heavy atom. The van der Waals surface area contributed by atoms with E-state index in [2.05, 4.69) is 22.0 Å². The smallest absolute Gasteiger partial charge is 0.0250 e. The van der Waals surface area contributed by atoms with Crippen LogP contribution in [0.2, 0.25) is 0 Å². The fourth-order valence-corrected chi connectivity index (χ4v) is 4.43. The van der Waals surface area contributed by atoms with Gasteiger partial charge in [0.05, 0.1) is 0 Å². The fraction of sp³-hybridized carbons (Fsp3) is 1.00. The van der Waals surface area contributed by atoms with Gasteiger partial charge in [0.2, 0.25) is 0 Å². The maximum absolute atomic E-state index is 3.82. The summed E-state index contributed by atoms with van der Waals surface area (Å²) in [7, 11) is 0. The molecule has 3 fully saturated rings. The molecule has 3 rings (SSSR count). The van der Waals surface area contributed by atoms with Gasteiger partial charge >= 0.3 is 0 Å². The van der Waals surface area contributed by atoms with Crippen LogP contribution in [-0.2, 0) is 0 Å². The average molecular weight is 265 g/mol. The molecule has 2 heterocycles. The maximum Gasteiger partial charge on any atom is 0.0250 e. The highest BCUT2D eigenvalue weighted by molar-refractivity contribution is 4.94. The molecular weight excluding hydrogens is 234 g/mol. The lowest BCUT2D eigenvalue weighted by atomic mass is 9.88. The Balaban J connectivity index is 1.58. The molecule has 3 unspecified atom stereocenters. The van der Waals surface area contributed by atoms with Crippen molar-refractivity contribution in [2.45, 2.75) is 70.0 Å². The average Bonchev–Trinajstić information content (AvgIpc) is 2.92. The quantitative estimate of drug-likeness (QED) is 0.839. The van der Waals surface area contributed by atoms with Gasteiger partial charge in [0, 0.05) is 37.8 Å². The summed E-state index contributed by atoms with van der Waals surface area (Å²) >= 11 is 0. The third-order valence-electron chi connectivity index (χ3n) is 5.47. The van der Waals surface area contributed by atoms with Crippen LogP contribution in [0.25, 0.3) is 0 Å². The van der Waals surface area contributed by atoms with E-state index >= 15 is 0 Å². The Morgan fingerprint density at radius 2 is 1.79 bits per heavy atom. The van der Waals surface area contributed by atoms with Crippen molar-refractivity contribution in [3.05, 3.63) is 0 Å². The molecule has 0 aromatic rings. The molecule has 0 radical (unpaired) electrons. The van der Waals surface area contributed by atoms with Crippen molar-refractivity contribution in [1.29, 1.82) is 0 Å². The molecule has 19 heavy (non-hydrogen) atoms. The predicted octanol–water partition coefficient (Wildman–Crippen LogP) is 2.08. The van der Waals surface area contributed by atoms with Crippen LogP contribution < -0.4 is 5.32 Å². The van der Waals surface area contributed by atoms with E-state index in [1.807, 2.05) is 0 Å². The van der Waals surface area contributed by atoms with Gasteiger partial charge in [0.15, 0.2) is 0 Å². The number of hydrogen-bond donors (Lipinski definition) is 1. The van der Waals surface area contributed by atoms with Crippen LogP contribution in [0.4, 0.5) is 0 Å². The number of fused-ring (bicyclic) bond motifs is 1. The summed E-state index contributed by atoms with van der Waals surface area (Å²) in [5.41, 5.74) is 0. The van der Waals surface area contributed by atoms with Crippen LogP contribution in [-0.4, -0.2) is 60.6 Å². The standard InChI is InChI=1S/C16H31N3/c1-2-9-17-15-7-3-4-8-16(15)19-12-11-18-10-5-6-14(18)13-19/h14-17H,2-13H2,1H3. The van der Waals surface area contributed by atoms with Gasteiger partial charge in [-0.25, -0.2) is 0 Å². The molecule has 3 heteroatoms. The van der Waals surface area contributed by atoms with Crippen molar-refractivity contribution >= 4 is 0 Å². The number of nitrogens with zero attached hydrogens (tertiary/aromatic N) is 2. The van der Waals surface area contributed by atoms with Gasteiger partial charge in [-0.2, -0.15) is 0 Å². The van der Waals surface area contributed by atoms with Crippen LogP contribution in [0.3, 0.4) is 0 Å². The molecule has 2 saturated heterocycles. The van der Waals surface area contributed by atoms with E-state index in [0.717, 1.165) is 18.1 Å². The second kappa shape index (κ2) is 6.55. The van der Waals surface area contributed by atoms with Gasteiger partial charge in [-0.3, -0.25) is 9.80 Å². The number of nitrogens with one attached hydrogen (secondary N) is 1. The molecule has 2 aliphatic heterocycles. The predicted molar refractivity (Wildman–Crippen MR) is 80.5 cm³/mol. The Kier molecular flexibility index (Phi) is 4.78. The highest BCUT2D eigenvalue weighted by Crippen LogP contribution is 2.28. The lowest BCUT2D eigenvalue weighted by Gasteiger charge is -2.46. The second-order valence-electron chi connectivity index (χ2n) is 6.74. The zero-order valence-corrected chi connectivity index (χ0v) is 12.6. The minimum Gasteiger partial charge on any atom is -0.312 e. The lowest BCUT2D eigenvalue weighted by Crippen LogP contribution is -2.59. The molecule has 1 aliphatic carbocycles. The molecule has 110 valence electrons. The summed E-state index contributed by atoms with van der Waals surface area (Å²) in [6.07, 6.45) is 9.83. The van der Waals surface area contributed by atoms with Gasteiger partial charge in [-0.15, -0.1) is 0 Å². The highest BCUT2D eigenvalue weighted by atomic mass is 15.3. The van der Waals surface area contributed by atoms with Crippen LogP contribution in [0.15, 0.2) is 0 Å². The van der Waals surface area contributed by atoms with Crippen molar-refractivity contribution in [2.24, 2.45) is 0 Å². The summed E-state index contributed by atoms with van der Waals surface area (Å²) in [5.74, 6) is 0. The molecule has 0 aromatic heterocycles. The summed E-state index contributed by atoms with van der Waals surface area (Å²) in [5, 5.41) is 3.82. The largest absolute Gasteiger partial charge is 0.312 e. The van der Waals surface area contributed by atoms with Crippen molar-refractivity contribution in [2.75, 3.05) is 32.7 Å². The van der Waals surface area contributed by atoms with E-state index in [4.69, 9.17) is 0 Å². The first kappa shape index (κ1) is 13.8. The molecule has 1 saturated carbocycles. The molecule has 3 nitrogen and oxygen atoms in total. The first-order chi connectivity index (χ1) is 9.38. The summed E-state index contributed by atoms with van der Waals surface area (Å²) in [6.45, 7) is 8.81. The van der Waals surface area contributed by atoms with E-state index < -0.39 is 0 Å². The second-order valence-corrected chi connectivity index (χ2v) is 6.74. The SMILES string of the molecule is CCCNC1CCCCC1N1CCN2CCCC2C1. The van der Waals surface area contributed by atoms with Crippen LogP contribution in [0.1, 0.15) is 51.9 Å².